The molecule has 0 aromatic rings. The van der Waals surface area contributed by atoms with Gasteiger partial charge in [0, 0.05) is 0 Å². The molecule has 0 bridgehead atoms. The molecule has 35 heavy (non-hydrogen) atoms. The number of rotatable bonds is 24. The highest BCUT2D eigenvalue weighted by atomic mass is 32.2. The Morgan fingerprint density at radius 2 is 1.23 bits per heavy atom. The molecule has 0 aromatic heterocycles. The summed E-state index contributed by atoms with van der Waals surface area (Å²) in [4.78, 5) is 12.4. The topological polar surface area (TPSA) is 124 Å². The van der Waals surface area contributed by atoms with E-state index < -0.39 is 40.0 Å². The van der Waals surface area contributed by atoms with Gasteiger partial charge < -0.3 is 15.5 Å². The van der Waals surface area contributed by atoms with Gasteiger partial charge in [0.25, 0.3) is 10.1 Å². The van der Waals surface area contributed by atoms with Crippen LogP contribution in [0.1, 0.15) is 129 Å². The standard InChI is InChI=1S/C27H53NO6S/c1-3-5-7-9-11-12-13-14-15-16-18-20-22-26(30)27(31)28-24(23-35(32,33)34)25(29)21-19-17-10-8-6-4-2/h19,21,24-26,29-30H,3-18,20,22-23H2,1-2H3,(H,28,31)(H,32,33,34)/b21-19+. The van der Waals surface area contributed by atoms with Crippen LogP contribution in [0.4, 0.5) is 0 Å². The number of carbonyl (C=O) groups is 1. The summed E-state index contributed by atoms with van der Waals surface area (Å²) in [7, 11) is -4.41. The summed E-state index contributed by atoms with van der Waals surface area (Å²) in [5, 5.41) is 22.9. The first-order valence-electron chi connectivity index (χ1n) is 14.0. The number of aliphatic hydroxyl groups is 2. The van der Waals surface area contributed by atoms with Crippen LogP contribution in [0.2, 0.25) is 0 Å². The monoisotopic (exact) mass is 519 g/mol. The fourth-order valence-electron chi connectivity index (χ4n) is 4.10. The first-order valence-corrected chi connectivity index (χ1v) is 15.6. The van der Waals surface area contributed by atoms with Crippen LogP contribution in [0.5, 0.6) is 0 Å². The van der Waals surface area contributed by atoms with Crippen molar-refractivity contribution in [3.63, 3.8) is 0 Å². The number of carbonyl (C=O) groups excluding carboxylic acids is 1. The van der Waals surface area contributed by atoms with Crippen molar-refractivity contribution in [2.45, 2.75) is 148 Å². The number of hydrogen-bond acceptors (Lipinski definition) is 5. The molecule has 208 valence electrons. The molecule has 3 atom stereocenters. The summed E-state index contributed by atoms with van der Waals surface area (Å²) in [6, 6.07) is -1.22. The van der Waals surface area contributed by atoms with E-state index in [9.17, 15) is 28.0 Å². The minimum atomic E-state index is -4.41. The SMILES string of the molecule is CCCCCC/C=C/C(O)C(CS(=O)(=O)O)NC(=O)C(O)CCCCCCCCCCCCCC. The Hall–Kier alpha value is -0.960. The number of nitrogens with one attached hydrogen (secondary N) is 1. The third-order valence-corrected chi connectivity index (χ3v) is 7.10. The predicted molar refractivity (Wildman–Crippen MR) is 144 cm³/mol. The van der Waals surface area contributed by atoms with Crippen LogP contribution in [0.15, 0.2) is 12.2 Å². The Balaban J connectivity index is 4.21. The van der Waals surface area contributed by atoms with Crippen molar-refractivity contribution in [2.24, 2.45) is 0 Å². The van der Waals surface area contributed by atoms with Crippen LogP contribution in [0.3, 0.4) is 0 Å². The second-order valence-electron chi connectivity index (χ2n) is 9.83. The van der Waals surface area contributed by atoms with Gasteiger partial charge in [-0.05, 0) is 19.3 Å². The Labute approximate surface area is 214 Å². The third-order valence-electron chi connectivity index (χ3n) is 6.32. The summed E-state index contributed by atoms with van der Waals surface area (Å²) in [6.07, 6.45) is 20.2. The maximum atomic E-state index is 12.4. The molecule has 0 aliphatic carbocycles. The molecule has 0 aliphatic heterocycles. The van der Waals surface area contributed by atoms with Crippen molar-refractivity contribution in [2.75, 3.05) is 5.75 Å². The van der Waals surface area contributed by atoms with Gasteiger partial charge in [-0.25, -0.2) is 0 Å². The minimum absolute atomic E-state index is 0.283. The lowest BCUT2D eigenvalue weighted by atomic mass is 10.0. The van der Waals surface area contributed by atoms with Gasteiger partial charge in [0.1, 0.15) is 6.10 Å². The van der Waals surface area contributed by atoms with E-state index in [0.717, 1.165) is 51.4 Å². The molecular formula is C27H53NO6S. The molecule has 3 unspecified atom stereocenters. The third kappa shape index (κ3) is 22.0. The minimum Gasteiger partial charge on any atom is -0.387 e. The normalized spacial score (nSPS) is 14.8. The first-order chi connectivity index (χ1) is 16.7. The fraction of sp³-hybridized carbons (Fsp3) is 0.889. The van der Waals surface area contributed by atoms with Crippen LogP contribution in [-0.4, -0.2) is 53.1 Å². The van der Waals surface area contributed by atoms with Crippen molar-refractivity contribution >= 4 is 16.0 Å². The van der Waals surface area contributed by atoms with Crippen molar-refractivity contribution in [1.29, 1.82) is 0 Å². The maximum absolute atomic E-state index is 12.4. The second kappa shape index (κ2) is 22.3. The maximum Gasteiger partial charge on any atom is 0.267 e. The van der Waals surface area contributed by atoms with Crippen LogP contribution < -0.4 is 5.32 Å². The second-order valence-corrected chi connectivity index (χ2v) is 11.3. The predicted octanol–water partition coefficient (Wildman–Crippen LogP) is 5.70. The van der Waals surface area contributed by atoms with Crippen LogP contribution in [-0.2, 0) is 14.9 Å². The fourth-order valence-corrected chi connectivity index (χ4v) is 4.83. The lowest BCUT2D eigenvalue weighted by Gasteiger charge is -2.22. The Morgan fingerprint density at radius 1 is 0.771 bits per heavy atom. The zero-order valence-corrected chi connectivity index (χ0v) is 23.1. The lowest BCUT2D eigenvalue weighted by Crippen LogP contribution is -2.50. The molecule has 0 radical (unpaired) electrons. The average Bonchev–Trinajstić information content (AvgIpc) is 2.80. The largest absolute Gasteiger partial charge is 0.387 e. The number of unbranched alkanes of at least 4 members (excludes halogenated alkanes) is 15. The summed E-state index contributed by atoms with van der Waals surface area (Å²) >= 11 is 0. The van der Waals surface area contributed by atoms with Gasteiger partial charge in [-0.3, -0.25) is 9.35 Å². The first kappa shape index (κ1) is 34.0. The van der Waals surface area contributed by atoms with Crippen molar-refractivity contribution < 1.29 is 28.0 Å². The van der Waals surface area contributed by atoms with E-state index in [1.165, 1.54) is 57.4 Å². The quantitative estimate of drug-likeness (QED) is 0.0737. The van der Waals surface area contributed by atoms with E-state index in [4.69, 9.17) is 0 Å². The molecule has 0 saturated carbocycles. The number of hydrogen-bond donors (Lipinski definition) is 4. The van der Waals surface area contributed by atoms with Gasteiger partial charge in [0.15, 0.2) is 0 Å². The molecule has 0 aromatic carbocycles. The van der Waals surface area contributed by atoms with Crippen LogP contribution >= 0.6 is 0 Å². The van der Waals surface area contributed by atoms with Gasteiger partial charge in [-0.2, -0.15) is 8.42 Å². The van der Waals surface area contributed by atoms with E-state index in [2.05, 4.69) is 19.2 Å². The molecule has 0 fully saturated rings. The van der Waals surface area contributed by atoms with Gasteiger partial charge in [0.2, 0.25) is 5.91 Å². The number of aliphatic hydroxyl groups excluding tert-OH is 2. The molecule has 7 nitrogen and oxygen atoms in total. The molecule has 0 spiro atoms. The van der Waals surface area contributed by atoms with E-state index in [1.54, 1.807) is 6.08 Å². The van der Waals surface area contributed by atoms with Gasteiger partial charge in [0.05, 0.1) is 17.9 Å². The molecule has 0 rings (SSSR count). The molecule has 4 N–H and O–H groups in total. The van der Waals surface area contributed by atoms with E-state index in [1.807, 2.05) is 0 Å². The Kier molecular flexibility index (Phi) is 21.6. The van der Waals surface area contributed by atoms with E-state index in [-0.39, 0.29) is 6.42 Å². The summed E-state index contributed by atoms with van der Waals surface area (Å²) in [5.41, 5.74) is 0. The van der Waals surface area contributed by atoms with Gasteiger partial charge in [-0.1, -0.05) is 122 Å². The van der Waals surface area contributed by atoms with Crippen LogP contribution in [0, 0.1) is 0 Å². The number of allylic oxidation sites excluding steroid dienone is 1. The van der Waals surface area contributed by atoms with Gasteiger partial charge in [-0.15, -0.1) is 0 Å². The molecule has 0 saturated heterocycles. The van der Waals surface area contributed by atoms with Gasteiger partial charge >= 0.3 is 0 Å². The molecule has 8 heteroatoms. The zero-order valence-electron chi connectivity index (χ0n) is 22.3. The van der Waals surface area contributed by atoms with Crippen molar-refractivity contribution in [1.82, 2.24) is 5.32 Å². The highest BCUT2D eigenvalue weighted by molar-refractivity contribution is 7.85. The van der Waals surface area contributed by atoms with Crippen LogP contribution in [0.25, 0.3) is 0 Å². The molecule has 1 amide bonds. The molecule has 0 aliphatic rings. The zero-order chi connectivity index (χ0) is 26.4. The summed E-state index contributed by atoms with van der Waals surface area (Å²) in [6.45, 7) is 4.35. The van der Waals surface area contributed by atoms with Crippen molar-refractivity contribution in [3.8, 4) is 0 Å². The smallest absolute Gasteiger partial charge is 0.267 e. The highest BCUT2D eigenvalue weighted by Crippen LogP contribution is 2.13. The summed E-state index contributed by atoms with van der Waals surface area (Å²) in [5.74, 6) is -1.54. The van der Waals surface area contributed by atoms with E-state index in [0.29, 0.717) is 6.42 Å². The Morgan fingerprint density at radius 3 is 1.71 bits per heavy atom. The molecule has 0 heterocycles. The Bertz CT molecular complexity index is 638. The number of amides is 1. The summed E-state index contributed by atoms with van der Waals surface area (Å²) < 4.78 is 31.9. The molecular weight excluding hydrogens is 466 g/mol. The average molecular weight is 520 g/mol. The highest BCUT2D eigenvalue weighted by Gasteiger charge is 2.27. The van der Waals surface area contributed by atoms with Crippen molar-refractivity contribution in [3.05, 3.63) is 12.2 Å². The van der Waals surface area contributed by atoms with E-state index >= 15 is 0 Å². The lowest BCUT2D eigenvalue weighted by molar-refractivity contribution is -0.130.